The Kier molecular flexibility index (Phi) is 3.62. The van der Waals surface area contributed by atoms with Crippen LogP contribution in [0.25, 0.3) is 10.9 Å². The minimum Gasteiger partial charge on any atom is -0.432 e. The van der Waals surface area contributed by atoms with Gasteiger partial charge in [-0.15, -0.1) is 0 Å². The Morgan fingerprint density at radius 2 is 2.19 bits per heavy atom. The van der Waals surface area contributed by atoms with Gasteiger partial charge in [0, 0.05) is 18.0 Å². The molecule has 4 nitrogen and oxygen atoms in total. The molecule has 0 aliphatic rings. The molecule has 0 spiro atoms. The molecule has 0 bridgehead atoms. The summed E-state index contributed by atoms with van der Waals surface area (Å²) in [6.45, 7) is 0. The van der Waals surface area contributed by atoms with E-state index < -0.39 is 5.82 Å². The molecule has 104 valence electrons. The molecule has 0 radical (unpaired) electrons. The molecular weight excluding hydrogens is 361 g/mol. The van der Waals surface area contributed by atoms with Gasteiger partial charge in [0.05, 0.1) is 5.02 Å². The van der Waals surface area contributed by atoms with Gasteiger partial charge >= 0.3 is 0 Å². The molecule has 0 atom stereocenters. The van der Waals surface area contributed by atoms with E-state index in [1.165, 1.54) is 12.3 Å². The number of rotatable bonds is 2. The zero-order valence-corrected chi connectivity index (χ0v) is 12.7. The Labute approximate surface area is 132 Å². The van der Waals surface area contributed by atoms with Crippen molar-refractivity contribution in [2.75, 3.05) is 0 Å². The highest BCUT2D eigenvalue weighted by Crippen LogP contribution is 2.24. The van der Waals surface area contributed by atoms with E-state index in [1.54, 1.807) is 12.1 Å². The Morgan fingerprint density at radius 3 is 2.90 bits per heavy atom. The molecule has 0 amide bonds. The number of oxazole rings is 1. The van der Waals surface area contributed by atoms with E-state index in [1.807, 2.05) is 6.07 Å². The van der Waals surface area contributed by atoms with Gasteiger partial charge in [-0.2, -0.15) is 5.26 Å². The molecule has 0 N–H and O–H groups in total. The number of hydrogen-bond donors (Lipinski definition) is 0. The molecule has 2 aromatic heterocycles. The van der Waals surface area contributed by atoms with Gasteiger partial charge in [-0.3, -0.25) is 4.98 Å². The van der Waals surface area contributed by atoms with Crippen molar-refractivity contribution in [2.45, 2.75) is 6.42 Å². The number of pyridine rings is 1. The normalized spacial score (nSPS) is 10.8. The van der Waals surface area contributed by atoms with Gasteiger partial charge in [0.2, 0.25) is 10.6 Å². The molecule has 3 rings (SSSR count). The number of nitriles is 1. The fourth-order valence-electron chi connectivity index (χ4n) is 2.00. The van der Waals surface area contributed by atoms with Crippen LogP contribution in [0.15, 0.2) is 33.5 Å². The molecule has 0 saturated heterocycles. The van der Waals surface area contributed by atoms with Gasteiger partial charge in [0.15, 0.2) is 5.69 Å². The molecule has 0 aliphatic heterocycles. The van der Waals surface area contributed by atoms with E-state index in [2.05, 4.69) is 25.9 Å². The Bertz CT molecular complexity index is 888. The summed E-state index contributed by atoms with van der Waals surface area (Å²) in [6, 6.07) is 6.67. The third-order valence-electron chi connectivity index (χ3n) is 2.85. The summed E-state index contributed by atoms with van der Waals surface area (Å²) >= 11 is 8.97. The van der Waals surface area contributed by atoms with E-state index in [9.17, 15) is 4.39 Å². The highest BCUT2D eigenvalue weighted by Gasteiger charge is 2.12. The average Bonchev–Trinajstić information content (AvgIpc) is 2.78. The van der Waals surface area contributed by atoms with Gasteiger partial charge < -0.3 is 4.42 Å². The lowest BCUT2D eigenvalue weighted by atomic mass is 10.1. The first-order valence-electron chi connectivity index (χ1n) is 5.86. The molecular formula is C14H6BrClFN3O. The van der Waals surface area contributed by atoms with E-state index in [0.717, 1.165) is 0 Å². The summed E-state index contributed by atoms with van der Waals surface area (Å²) in [5, 5.41) is 9.86. The second-order valence-electron chi connectivity index (χ2n) is 4.32. The van der Waals surface area contributed by atoms with Gasteiger partial charge in [-0.05, 0) is 39.7 Å². The Balaban J connectivity index is 2.02. The molecule has 0 aliphatic carbocycles. The fraction of sp³-hybridized carbons (Fsp3) is 0.0714. The van der Waals surface area contributed by atoms with Crippen LogP contribution in [-0.4, -0.2) is 9.97 Å². The second kappa shape index (κ2) is 5.43. The van der Waals surface area contributed by atoms with Crippen molar-refractivity contribution < 1.29 is 8.81 Å². The summed E-state index contributed by atoms with van der Waals surface area (Å²) < 4.78 is 19.6. The lowest BCUT2D eigenvalue weighted by Crippen LogP contribution is -1.93. The number of aromatic nitrogens is 2. The van der Waals surface area contributed by atoms with Crippen molar-refractivity contribution in [2.24, 2.45) is 0 Å². The number of nitrogens with zero attached hydrogens (tertiary/aromatic N) is 3. The van der Waals surface area contributed by atoms with Crippen LogP contribution in [0, 0.1) is 17.1 Å². The smallest absolute Gasteiger partial charge is 0.207 e. The monoisotopic (exact) mass is 365 g/mol. The minimum atomic E-state index is -0.440. The highest BCUT2D eigenvalue weighted by atomic mass is 79.9. The highest BCUT2D eigenvalue weighted by molar-refractivity contribution is 9.10. The summed E-state index contributed by atoms with van der Waals surface area (Å²) in [5.41, 5.74) is 1.08. The summed E-state index contributed by atoms with van der Waals surface area (Å²) in [5.74, 6) is -0.113. The van der Waals surface area contributed by atoms with Crippen LogP contribution in [-0.2, 0) is 6.42 Å². The van der Waals surface area contributed by atoms with Crippen LogP contribution < -0.4 is 0 Å². The molecule has 21 heavy (non-hydrogen) atoms. The van der Waals surface area contributed by atoms with Crippen molar-refractivity contribution in [3.05, 3.63) is 57.1 Å². The summed E-state index contributed by atoms with van der Waals surface area (Å²) in [4.78, 5) is 7.98. The predicted molar refractivity (Wildman–Crippen MR) is 78.4 cm³/mol. The zero-order chi connectivity index (χ0) is 15.0. The van der Waals surface area contributed by atoms with Crippen LogP contribution in [0.1, 0.15) is 17.1 Å². The van der Waals surface area contributed by atoms with Crippen LogP contribution in [0.3, 0.4) is 0 Å². The maximum atomic E-state index is 14.0. The standard InChI is InChI=1S/C14H6BrClFN3O/c15-14-11(5-18)20-12(21-14)3-7-1-8-4-9(16)6-19-13(8)10(17)2-7/h1-2,4,6H,3H2. The molecule has 3 aromatic rings. The minimum absolute atomic E-state index is 0.163. The Morgan fingerprint density at radius 1 is 1.38 bits per heavy atom. The van der Waals surface area contributed by atoms with E-state index in [0.29, 0.717) is 21.9 Å². The first-order valence-corrected chi connectivity index (χ1v) is 7.03. The van der Waals surface area contributed by atoms with E-state index in [-0.39, 0.29) is 22.3 Å². The third kappa shape index (κ3) is 2.75. The van der Waals surface area contributed by atoms with Crippen LogP contribution in [0.5, 0.6) is 0 Å². The topological polar surface area (TPSA) is 62.7 Å². The number of hydrogen-bond acceptors (Lipinski definition) is 4. The first kappa shape index (κ1) is 14.0. The van der Waals surface area contributed by atoms with E-state index >= 15 is 0 Å². The summed E-state index contributed by atoms with van der Waals surface area (Å²) in [7, 11) is 0. The third-order valence-corrected chi connectivity index (χ3v) is 3.60. The lowest BCUT2D eigenvalue weighted by Gasteiger charge is -2.03. The number of benzene rings is 1. The molecule has 1 aromatic carbocycles. The van der Waals surface area contributed by atoms with Crippen molar-refractivity contribution in [3.8, 4) is 6.07 Å². The number of fused-ring (bicyclic) bond motifs is 1. The molecule has 0 saturated carbocycles. The van der Waals surface area contributed by atoms with Crippen molar-refractivity contribution in [3.63, 3.8) is 0 Å². The number of halogens is 3. The summed E-state index contributed by atoms with van der Waals surface area (Å²) in [6.07, 6.45) is 1.66. The van der Waals surface area contributed by atoms with Crippen LogP contribution in [0.4, 0.5) is 4.39 Å². The molecule has 0 unspecified atom stereocenters. The van der Waals surface area contributed by atoms with E-state index in [4.69, 9.17) is 21.3 Å². The van der Waals surface area contributed by atoms with Gasteiger partial charge in [0.1, 0.15) is 17.4 Å². The van der Waals surface area contributed by atoms with Crippen LogP contribution in [0.2, 0.25) is 5.02 Å². The fourth-order valence-corrected chi connectivity index (χ4v) is 2.53. The van der Waals surface area contributed by atoms with Crippen LogP contribution >= 0.6 is 27.5 Å². The predicted octanol–water partition coefficient (Wildman–Crippen LogP) is 4.24. The van der Waals surface area contributed by atoms with Crippen molar-refractivity contribution >= 4 is 38.4 Å². The van der Waals surface area contributed by atoms with Crippen molar-refractivity contribution in [1.82, 2.24) is 9.97 Å². The maximum Gasteiger partial charge on any atom is 0.207 e. The Hall–Kier alpha value is -1.97. The lowest BCUT2D eigenvalue weighted by molar-refractivity contribution is 0.485. The van der Waals surface area contributed by atoms with Gasteiger partial charge in [-0.1, -0.05) is 11.6 Å². The molecule has 2 heterocycles. The molecule has 0 fully saturated rings. The van der Waals surface area contributed by atoms with Gasteiger partial charge in [0.25, 0.3) is 0 Å². The molecule has 7 heteroatoms. The maximum absolute atomic E-state index is 14.0. The first-order chi connectivity index (χ1) is 10.1. The SMILES string of the molecule is N#Cc1nc(Cc2cc(F)c3ncc(Cl)cc3c2)oc1Br. The zero-order valence-electron chi connectivity index (χ0n) is 10.4. The van der Waals surface area contributed by atoms with Gasteiger partial charge in [-0.25, -0.2) is 9.37 Å². The van der Waals surface area contributed by atoms with Crippen molar-refractivity contribution in [1.29, 1.82) is 5.26 Å². The quantitative estimate of drug-likeness (QED) is 0.680. The second-order valence-corrected chi connectivity index (χ2v) is 5.48. The largest absolute Gasteiger partial charge is 0.432 e. The average molecular weight is 367 g/mol.